The van der Waals surface area contributed by atoms with Gasteiger partial charge in [-0.1, -0.05) is 66.7 Å². The van der Waals surface area contributed by atoms with E-state index in [0.29, 0.717) is 6.54 Å². The largest absolute Gasteiger partial charge is 0.458 e. The lowest BCUT2D eigenvalue weighted by atomic mass is 10.00. The fourth-order valence-corrected chi connectivity index (χ4v) is 6.40. The van der Waals surface area contributed by atoms with Crippen LogP contribution in [0.1, 0.15) is 11.3 Å². The number of benzene rings is 5. The summed E-state index contributed by atoms with van der Waals surface area (Å²) in [6, 6.07) is 38.5. The van der Waals surface area contributed by atoms with E-state index in [9.17, 15) is 0 Å². The van der Waals surface area contributed by atoms with Crippen molar-refractivity contribution in [1.82, 2.24) is 10.3 Å². The molecule has 0 spiro atoms. The van der Waals surface area contributed by atoms with Gasteiger partial charge in [-0.3, -0.25) is 4.98 Å². The maximum Gasteiger partial charge on any atom is 0.159 e. The van der Waals surface area contributed by atoms with Gasteiger partial charge in [0.2, 0.25) is 0 Å². The second kappa shape index (κ2) is 9.36. The van der Waals surface area contributed by atoms with Gasteiger partial charge in [-0.15, -0.1) is 0 Å². The summed E-state index contributed by atoms with van der Waals surface area (Å²) in [4.78, 5) is 6.62. The first-order valence-corrected chi connectivity index (χ1v) is 14.4. The minimum absolute atomic E-state index is 0.657. The van der Waals surface area contributed by atoms with Gasteiger partial charge >= 0.3 is 0 Å². The van der Waals surface area contributed by atoms with Gasteiger partial charge in [0.1, 0.15) is 11.3 Å². The first-order valence-electron chi connectivity index (χ1n) is 14.4. The van der Waals surface area contributed by atoms with Crippen molar-refractivity contribution in [3.63, 3.8) is 0 Å². The molecule has 1 aliphatic rings. The Morgan fingerprint density at radius 1 is 0.674 bits per heavy atom. The molecule has 0 amide bonds. The molecule has 0 aliphatic carbocycles. The van der Waals surface area contributed by atoms with E-state index in [1.54, 1.807) is 6.20 Å². The zero-order valence-electron chi connectivity index (χ0n) is 23.1. The monoisotopic (exact) mass is 555 g/mol. The smallest absolute Gasteiger partial charge is 0.159 e. The van der Waals surface area contributed by atoms with E-state index in [0.717, 1.165) is 66.7 Å². The van der Waals surface area contributed by atoms with Crippen molar-refractivity contribution in [2.45, 2.75) is 6.54 Å². The number of hydrogen-bond acceptors (Lipinski definition) is 5. The highest BCUT2D eigenvalue weighted by Gasteiger charge is 2.25. The van der Waals surface area contributed by atoms with Crippen LogP contribution in [0.25, 0.3) is 60.9 Å². The van der Waals surface area contributed by atoms with Crippen molar-refractivity contribution in [2.75, 3.05) is 4.90 Å². The van der Waals surface area contributed by atoms with Gasteiger partial charge in [-0.05, 0) is 76.6 Å². The molecule has 0 bridgehead atoms. The van der Waals surface area contributed by atoms with E-state index in [2.05, 4.69) is 118 Å². The average molecular weight is 556 g/mol. The SMILES string of the molecule is C1=Cc2c(oc3cccc(N(c4ccc5ccc(-c6ccccc6)cc5c4)c4cccc5c4oc4cnccc45)c23)CN1. The van der Waals surface area contributed by atoms with Crippen molar-refractivity contribution in [3.8, 4) is 11.1 Å². The number of anilines is 3. The molecule has 3 aromatic heterocycles. The van der Waals surface area contributed by atoms with Gasteiger partial charge in [0.25, 0.3) is 0 Å². The molecular weight excluding hydrogens is 530 g/mol. The summed E-state index contributed by atoms with van der Waals surface area (Å²) in [7, 11) is 0. The van der Waals surface area contributed by atoms with E-state index < -0.39 is 0 Å². The maximum atomic E-state index is 6.53. The highest BCUT2D eigenvalue weighted by atomic mass is 16.3. The molecule has 8 aromatic rings. The van der Waals surface area contributed by atoms with Crippen LogP contribution in [0.3, 0.4) is 0 Å². The van der Waals surface area contributed by atoms with Crippen LogP contribution < -0.4 is 10.2 Å². The minimum atomic E-state index is 0.657. The summed E-state index contributed by atoms with van der Waals surface area (Å²) in [6.07, 6.45) is 7.70. The Kier molecular flexibility index (Phi) is 5.19. The van der Waals surface area contributed by atoms with Crippen LogP contribution in [0.5, 0.6) is 0 Å². The van der Waals surface area contributed by atoms with Crippen LogP contribution in [0.2, 0.25) is 0 Å². The lowest BCUT2D eigenvalue weighted by Gasteiger charge is -2.27. The van der Waals surface area contributed by atoms with Gasteiger partial charge in [-0.2, -0.15) is 0 Å². The van der Waals surface area contributed by atoms with Gasteiger partial charge < -0.3 is 19.1 Å². The molecule has 0 radical (unpaired) electrons. The normalized spacial score (nSPS) is 12.7. The van der Waals surface area contributed by atoms with E-state index in [1.807, 2.05) is 24.5 Å². The summed E-state index contributed by atoms with van der Waals surface area (Å²) in [5, 5.41) is 8.80. The van der Waals surface area contributed by atoms with Crippen LogP contribution in [-0.2, 0) is 6.54 Å². The number of furan rings is 2. The zero-order chi connectivity index (χ0) is 28.3. The second-order valence-electron chi connectivity index (χ2n) is 10.9. The Bertz CT molecular complexity index is 2360. The number of pyridine rings is 1. The molecule has 0 saturated carbocycles. The Hall–Kier alpha value is -5.81. The number of hydrogen-bond donors (Lipinski definition) is 1. The molecule has 43 heavy (non-hydrogen) atoms. The van der Waals surface area contributed by atoms with Gasteiger partial charge in [0.05, 0.1) is 29.5 Å². The number of aromatic nitrogens is 1. The molecule has 1 N–H and O–H groups in total. The first kappa shape index (κ1) is 23.9. The van der Waals surface area contributed by atoms with Crippen LogP contribution in [0.15, 0.2) is 137 Å². The number of para-hydroxylation sites is 1. The standard InChI is InChI=1S/C38H25N3O2/c1-2-6-24(7-3-1)26-13-12-25-14-15-28(21-27(25)20-26)41(32-9-5-11-34-37(32)31-17-19-40-23-36(31)42-34)33-10-4-8-30-29-16-18-39-22-35(29)43-38(30)33/h1-22,40H,23H2. The lowest BCUT2D eigenvalue weighted by molar-refractivity contribution is 0.532. The average Bonchev–Trinajstić information content (AvgIpc) is 3.64. The number of nitrogens with zero attached hydrogens (tertiary/aromatic N) is 2. The molecule has 1 aliphatic heterocycles. The van der Waals surface area contributed by atoms with Gasteiger partial charge in [-0.25, -0.2) is 0 Å². The Labute approximate surface area is 247 Å². The molecule has 5 nitrogen and oxygen atoms in total. The predicted octanol–water partition coefficient (Wildman–Crippen LogP) is 10.1. The highest BCUT2D eigenvalue weighted by molar-refractivity contribution is 6.12. The highest BCUT2D eigenvalue weighted by Crippen LogP contribution is 2.46. The maximum absolute atomic E-state index is 6.53. The van der Waals surface area contributed by atoms with E-state index in [-0.39, 0.29) is 0 Å². The van der Waals surface area contributed by atoms with Crippen LogP contribution in [0.4, 0.5) is 17.1 Å². The molecule has 0 atom stereocenters. The molecule has 4 heterocycles. The third-order valence-corrected chi connectivity index (χ3v) is 8.39. The first-order chi connectivity index (χ1) is 21.3. The number of nitrogens with one attached hydrogen (secondary N) is 1. The third kappa shape index (κ3) is 3.75. The van der Waals surface area contributed by atoms with Gasteiger partial charge in [0.15, 0.2) is 11.2 Å². The second-order valence-corrected chi connectivity index (χ2v) is 10.9. The van der Waals surface area contributed by atoms with Crippen molar-refractivity contribution in [3.05, 3.63) is 139 Å². The third-order valence-electron chi connectivity index (χ3n) is 8.39. The molecule has 5 heteroatoms. The van der Waals surface area contributed by atoms with Crippen LogP contribution in [-0.4, -0.2) is 4.98 Å². The molecule has 0 unspecified atom stereocenters. The molecule has 204 valence electrons. The van der Waals surface area contributed by atoms with Crippen molar-refractivity contribution in [2.24, 2.45) is 0 Å². The fraction of sp³-hybridized carbons (Fsp3) is 0.0263. The number of rotatable bonds is 4. The Morgan fingerprint density at radius 2 is 1.56 bits per heavy atom. The quantitative estimate of drug-likeness (QED) is 0.234. The van der Waals surface area contributed by atoms with Crippen molar-refractivity contribution in [1.29, 1.82) is 0 Å². The predicted molar refractivity (Wildman–Crippen MR) is 175 cm³/mol. The van der Waals surface area contributed by atoms with E-state index in [4.69, 9.17) is 8.83 Å². The van der Waals surface area contributed by atoms with Crippen LogP contribution in [0, 0.1) is 0 Å². The molecule has 5 aromatic carbocycles. The fourth-order valence-electron chi connectivity index (χ4n) is 6.40. The summed E-state index contributed by atoms with van der Waals surface area (Å²) < 4.78 is 12.9. The van der Waals surface area contributed by atoms with Crippen LogP contribution >= 0.6 is 0 Å². The lowest BCUT2D eigenvalue weighted by Crippen LogP contribution is -2.12. The molecule has 0 saturated heterocycles. The van der Waals surface area contributed by atoms with Gasteiger partial charge in [0, 0.05) is 28.2 Å². The number of fused-ring (bicyclic) bond motifs is 7. The van der Waals surface area contributed by atoms with E-state index in [1.165, 1.54) is 16.5 Å². The molecular formula is C38H25N3O2. The van der Waals surface area contributed by atoms with E-state index >= 15 is 0 Å². The molecule has 9 rings (SSSR count). The summed E-state index contributed by atoms with van der Waals surface area (Å²) >= 11 is 0. The summed E-state index contributed by atoms with van der Waals surface area (Å²) in [5.74, 6) is 0.934. The zero-order valence-corrected chi connectivity index (χ0v) is 23.1. The Balaban J connectivity index is 1.33. The Morgan fingerprint density at radius 3 is 2.51 bits per heavy atom. The minimum Gasteiger partial charge on any atom is -0.458 e. The van der Waals surface area contributed by atoms with Crippen molar-refractivity contribution >= 4 is 66.8 Å². The summed E-state index contributed by atoms with van der Waals surface area (Å²) in [6.45, 7) is 0.657. The van der Waals surface area contributed by atoms with Crippen molar-refractivity contribution < 1.29 is 8.83 Å². The summed E-state index contributed by atoms with van der Waals surface area (Å²) in [5.41, 5.74) is 8.93. The molecule has 0 fully saturated rings. The topological polar surface area (TPSA) is 54.4 Å².